The first-order chi connectivity index (χ1) is 17.2. The molecule has 1 saturated heterocycles. The summed E-state index contributed by atoms with van der Waals surface area (Å²) in [5.74, 6) is 0.893. The summed E-state index contributed by atoms with van der Waals surface area (Å²) in [7, 11) is 0. The van der Waals surface area contributed by atoms with Gasteiger partial charge in [-0.1, -0.05) is 13.8 Å². The van der Waals surface area contributed by atoms with Crippen LogP contribution in [-0.4, -0.2) is 88.7 Å². The molecule has 1 N–H and O–H groups in total. The third-order valence-corrected chi connectivity index (χ3v) is 6.98. The highest BCUT2D eigenvalue weighted by Crippen LogP contribution is 2.28. The van der Waals surface area contributed by atoms with Crippen LogP contribution in [0.1, 0.15) is 75.2 Å². The Hall–Kier alpha value is -1.66. The Labute approximate surface area is 226 Å². The van der Waals surface area contributed by atoms with Crippen molar-refractivity contribution in [2.75, 3.05) is 44.4 Å². The van der Waals surface area contributed by atoms with Crippen LogP contribution in [0.5, 0.6) is 5.88 Å². The summed E-state index contributed by atoms with van der Waals surface area (Å²) in [4.78, 5) is 27.9. The Morgan fingerprint density at radius 2 is 1.73 bits per heavy atom. The Morgan fingerprint density at radius 3 is 2.30 bits per heavy atom. The number of morpholine rings is 1. The highest BCUT2D eigenvalue weighted by atomic mass is 32.1. The lowest BCUT2D eigenvalue weighted by Gasteiger charge is -2.36. The van der Waals surface area contributed by atoms with E-state index >= 15 is 0 Å². The van der Waals surface area contributed by atoms with Gasteiger partial charge in [-0.3, -0.25) is 9.59 Å². The first-order valence-corrected chi connectivity index (χ1v) is 13.9. The van der Waals surface area contributed by atoms with Gasteiger partial charge in [0.2, 0.25) is 5.82 Å². The number of hydrogen-bond donors (Lipinski definition) is 1. The van der Waals surface area contributed by atoms with Gasteiger partial charge in [0.1, 0.15) is 30.0 Å². The van der Waals surface area contributed by atoms with E-state index in [9.17, 15) is 9.59 Å². The highest BCUT2D eigenvalue weighted by Gasteiger charge is 2.41. The fourth-order valence-electron chi connectivity index (χ4n) is 4.06. The molecule has 1 aromatic rings. The Kier molecular flexibility index (Phi) is 11.4. The molecule has 0 bridgehead atoms. The summed E-state index contributed by atoms with van der Waals surface area (Å²) in [5, 5.41) is 3.45. The van der Waals surface area contributed by atoms with Gasteiger partial charge in [0.15, 0.2) is 11.6 Å². The molecule has 0 radical (unpaired) electrons. The maximum Gasteiger partial charge on any atom is 0.270 e. The highest BCUT2D eigenvalue weighted by molar-refractivity contribution is 6.99. The van der Waals surface area contributed by atoms with Crippen molar-refractivity contribution in [3.05, 3.63) is 0 Å². The van der Waals surface area contributed by atoms with E-state index in [4.69, 9.17) is 18.9 Å². The monoisotopic (exact) mass is 542 g/mol. The molecule has 10 nitrogen and oxygen atoms in total. The maximum absolute atomic E-state index is 13.6. The number of Topliss-reactive ketones (excluding diaryl/α,β-unsaturated/α-hetero) is 2. The number of ketones is 2. The van der Waals surface area contributed by atoms with E-state index in [1.54, 1.807) is 34.6 Å². The molecule has 2 rings (SSSR count). The third kappa shape index (κ3) is 9.24. The molecule has 37 heavy (non-hydrogen) atoms. The van der Waals surface area contributed by atoms with Crippen LogP contribution in [0.2, 0.25) is 0 Å². The molecule has 1 aromatic heterocycles. The van der Waals surface area contributed by atoms with Crippen molar-refractivity contribution in [1.82, 2.24) is 14.1 Å². The maximum atomic E-state index is 13.6. The summed E-state index contributed by atoms with van der Waals surface area (Å²) < 4.78 is 32.7. The van der Waals surface area contributed by atoms with Crippen LogP contribution in [0.15, 0.2) is 0 Å². The molecule has 0 aliphatic carbocycles. The second-order valence-corrected chi connectivity index (χ2v) is 11.7. The number of hydrogen-bond acceptors (Lipinski definition) is 11. The lowest BCUT2D eigenvalue weighted by atomic mass is 9.92. The van der Waals surface area contributed by atoms with Crippen molar-refractivity contribution in [3.63, 3.8) is 0 Å². The van der Waals surface area contributed by atoms with E-state index in [0.29, 0.717) is 44.3 Å². The predicted octanol–water partition coefficient (Wildman–Crippen LogP) is 3.43. The SMILES string of the molecule is CCC(=O)C(C)(C)O[C@@H](C)C(=O)C(C)(CC)O[C@@H](CNC(C)(C)C)COc1nsnc1N1CCOCC1. The minimum absolute atomic E-state index is 0.0557. The zero-order valence-electron chi connectivity index (χ0n) is 24.0. The number of nitrogens with zero attached hydrogens (tertiary/aromatic N) is 3. The first-order valence-electron chi connectivity index (χ1n) is 13.2. The predicted molar refractivity (Wildman–Crippen MR) is 145 cm³/mol. The Bertz CT molecular complexity index is 881. The molecule has 1 fully saturated rings. The van der Waals surface area contributed by atoms with E-state index in [0.717, 1.165) is 24.8 Å². The van der Waals surface area contributed by atoms with Gasteiger partial charge in [-0.2, -0.15) is 4.37 Å². The molecule has 2 heterocycles. The number of carbonyl (C=O) groups excluding carboxylic acids is 2. The number of carbonyl (C=O) groups is 2. The first kappa shape index (κ1) is 31.6. The molecule has 0 amide bonds. The molecule has 1 unspecified atom stereocenters. The molecule has 0 spiro atoms. The summed E-state index contributed by atoms with van der Waals surface area (Å²) in [5.41, 5.74) is -2.34. The molecule has 0 aromatic carbocycles. The van der Waals surface area contributed by atoms with Crippen molar-refractivity contribution in [2.24, 2.45) is 0 Å². The average molecular weight is 543 g/mol. The smallest absolute Gasteiger partial charge is 0.270 e. The summed E-state index contributed by atoms with van der Waals surface area (Å²) in [6.07, 6.45) is -0.496. The van der Waals surface area contributed by atoms with Gasteiger partial charge in [0, 0.05) is 31.6 Å². The van der Waals surface area contributed by atoms with Gasteiger partial charge in [-0.15, -0.1) is 4.37 Å². The van der Waals surface area contributed by atoms with Crippen LogP contribution in [-0.2, 0) is 23.8 Å². The topological polar surface area (TPSA) is 112 Å². The van der Waals surface area contributed by atoms with Crippen molar-refractivity contribution in [2.45, 2.75) is 104 Å². The van der Waals surface area contributed by atoms with Crippen molar-refractivity contribution in [3.8, 4) is 5.88 Å². The Balaban J connectivity index is 2.16. The van der Waals surface area contributed by atoms with Gasteiger partial charge < -0.3 is 29.2 Å². The lowest BCUT2D eigenvalue weighted by molar-refractivity contribution is -0.174. The molecule has 212 valence electrons. The van der Waals surface area contributed by atoms with Crippen LogP contribution >= 0.6 is 11.7 Å². The van der Waals surface area contributed by atoms with Gasteiger partial charge in [0.05, 0.1) is 24.9 Å². The van der Waals surface area contributed by atoms with E-state index in [1.165, 1.54) is 0 Å². The molecule has 11 heteroatoms. The van der Waals surface area contributed by atoms with E-state index in [1.807, 2.05) is 6.92 Å². The van der Waals surface area contributed by atoms with Crippen molar-refractivity contribution in [1.29, 1.82) is 0 Å². The Morgan fingerprint density at radius 1 is 1.08 bits per heavy atom. The quantitative estimate of drug-likeness (QED) is 0.354. The minimum atomic E-state index is -1.13. The largest absolute Gasteiger partial charge is 0.472 e. The van der Waals surface area contributed by atoms with Gasteiger partial charge in [-0.25, -0.2) is 0 Å². The van der Waals surface area contributed by atoms with Crippen LogP contribution in [0, 0.1) is 0 Å². The average Bonchev–Trinajstić information content (AvgIpc) is 3.32. The van der Waals surface area contributed by atoms with Gasteiger partial charge in [-0.05, 0) is 54.9 Å². The van der Waals surface area contributed by atoms with E-state index in [-0.39, 0.29) is 23.7 Å². The zero-order chi connectivity index (χ0) is 27.9. The van der Waals surface area contributed by atoms with Crippen LogP contribution in [0.25, 0.3) is 0 Å². The number of ether oxygens (including phenoxy) is 4. The molecule has 1 aliphatic heterocycles. The molecule has 0 saturated carbocycles. The standard InChI is InChI=1S/C26H46N4O6S/c1-10-20(31)25(7,8)35-18(3)21(32)26(9,11-2)36-19(16-27-24(4,5)6)17-34-23-22(28-37-29-23)30-12-14-33-15-13-30/h18-19,27H,10-17H2,1-9H3/t18-,19-,26?/m0/s1. The summed E-state index contributed by atoms with van der Waals surface area (Å²) in [6, 6.07) is 0. The summed E-state index contributed by atoms with van der Waals surface area (Å²) in [6.45, 7) is 20.1. The summed E-state index contributed by atoms with van der Waals surface area (Å²) >= 11 is 1.10. The van der Waals surface area contributed by atoms with Gasteiger partial charge >= 0.3 is 0 Å². The van der Waals surface area contributed by atoms with E-state index in [2.05, 4.69) is 39.7 Å². The number of aromatic nitrogens is 2. The number of nitrogens with one attached hydrogen (secondary N) is 1. The van der Waals surface area contributed by atoms with Crippen LogP contribution in [0.3, 0.4) is 0 Å². The number of anilines is 1. The molecular weight excluding hydrogens is 496 g/mol. The molecule has 1 aliphatic rings. The lowest BCUT2D eigenvalue weighted by Crippen LogP contribution is -2.53. The normalized spacial score (nSPS) is 18.2. The number of rotatable bonds is 15. The zero-order valence-corrected chi connectivity index (χ0v) is 24.8. The van der Waals surface area contributed by atoms with Crippen LogP contribution < -0.4 is 15.0 Å². The van der Waals surface area contributed by atoms with Crippen molar-refractivity contribution >= 4 is 29.1 Å². The second kappa shape index (κ2) is 13.4. The van der Waals surface area contributed by atoms with Gasteiger partial charge in [0.25, 0.3) is 5.88 Å². The van der Waals surface area contributed by atoms with E-state index < -0.39 is 23.4 Å². The third-order valence-electron chi connectivity index (χ3n) is 6.47. The molecule has 3 atom stereocenters. The van der Waals surface area contributed by atoms with Crippen molar-refractivity contribution < 1.29 is 28.5 Å². The fraction of sp³-hybridized carbons (Fsp3) is 0.846. The second-order valence-electron chi connectivity index (χ2n) is 11.2. The molecular formula is C26H46N4O6S. The fourth-order valence-corrected chi connectivity index (χ4v) is 4.58. The minimum Gasteiger partial charge on any atom is -0.472 e. The van der Waals surface area contributed by atoms with Crippen LogP contribution in [0.4, 0.5) is 5.82 Å².